The number of nitrogens with two attached hydrogens (primary N) is 1. The Bertz CT molecular complexity index is 1430. The van der Waals surface area contributed by atoms with Gasteiger partial charge in [-0.15, -0.1) is 0 Å². The summed E-state index contributed by atoms with van der Waals surface area (Å²) in [5.41, 5.74) is 6.65. The molecule has 0 aliphatic carbocycles. The Labute approximate surface area is 273 Å². The molecule has 0 unspecified atom stereocenters. The summed E-state index contributed by atoms with van der Waals surface area (Å²) in [4.78, 5) is 70.9. The zero-order chi connectivity index (χ0) is 34.6. The summed E-state index contributed by atoms with van der Waals surface area (Å²) in [6.45, 7) is 5.93. The lowest BCUT2D eigenvalue weighted by Gasteiger charge is -2.31. The van der Waals surface area contributed by atoms with Crippen LogP contribution < -0.4 is 20.9 Å². The molecule has 2 aromatic carbocycles. The molecule has 6 N–H and O–H groups in total. The van der Waals surface area contributed by atoms with Crippen molar-refractivity contribution in [3.05, 3.63) is 71.8 Å². The van der Waals surface area contributed by atoms with Gasteiger partial charge in [0.15, 0.2) is 0 Å². The molecule has 15 heteroatoms. The van der Waals surface area contributed by atoms with E-state index in [4.69, 9.17) is 25.0 Å². The van der Waals surface area contributed by atoms with E-state index in [1.54, 1.807) is 6.92 Å². The van der Waals surface area contributed by atoms with Crippen LogP contribution in [0, 0.1) is 5.92 Å². The highest BCUT2D eigenvalue weighted by molar-refractivity contribution is 7.46. The van der Waals surface area contributed by atoms with Crippen LogP contribution in [-0.4, -0.2) is 75.9 Å². The Morgan fingerprint density at radius 2 is 1.72 bits per heavy atom. The van der Waals surface area contributed by atoms with Crippen LogP contribution in [0.1, 0.15) is 51.2 Å². The largest absolute Gasteiger partial charge is 0.524 e. The standard InChI is InChI=1S/C32H43N4O10P/c1-21(2)18-26(34-29(37)16-13-23-11-14-25(15-12-23)46-47(41,42)43)31(39)36-17-7-10-28(36)30(38)35-27(20-45-32(33)40)22(3)44-19-24-8-5-4-6-9-24/h4-6,8-9,11-16,21-22,26-28H,7,10,17-20H2,1-3H3,(H2,33,40)(H,34,37)(H,35,38)(H2,41,42,43)/b16-13+/t22-,26+,27+,28+/m1/s1. The van der Waals surface area contributed by atoms with Crippen molar-refractivity contribution in [3.63, 3.8) is 0 Å². The predicted octanol–water partition coefficient (Wildman–Crippen LogP) is 2.88. The minimum Gasteiger partial charge on any atom is -0.447 e. The van der Waals surface area contributed by atoms with Crippen LogP contribution in [0.15, 0.2) is 60.7 Å². The number of benzene rings is 2. The highest BCUT2D eigenvalue weighted by Gasteiger charge is 2.39. The van der Waals surface area contributed by atoms with Crippen LogP contribution in [0.3, 0.4) is 0 Å². The number of rotatable bonds is 16. The third kappa shape index (κ3) is 12.8. The van der Waals surface area contributed by atoms with Gasteiger partial charge in [0.25, 0.3) is 0 Å². The lowest BCUT2D eigenvalue weighted by molar-refractivity contribution is -0.142. The van der Waals surface area contributed by atoms with Gasteiger partial charge < -0.3 is 35.3 Å². The second-order valence-corrected chi connectivity index (χ2v) is 12.8. The fourth-order valence-electron chi connectivity index (χ4n) is 5.03. The molecule has 1 aliphatic rings. The van der Waals surface area contributed by atoms with Gasteiger partial charge in [-0.1, -0.05) is 56.3 Å². The second kappa shape index (κ2) is 17.6. The predicted molar refractivity (Wildman–Crippen MR) is 172 cm³/mol. The normalized spacial score (nSPS) is 16.8. The number of phosphoric acid groups is 1. The van der Waals surface area contributed by atoms with Crippen molar-refractivity contribution in [2.45, 2.75) is 70.9 Å². The van der Waals surface area contributed by atoms with Crippen molar-refractivity contribution in [1.82, 2.24) is 15.5 Å². The first kappa shape index (κ1) is 37.2. The first-order valence-electron chi connectivity index (χ1n) is 15.2. The van der Waals surface area contributed by atoms with Gasteiger partial charge in [0, 0.05) is 12.6 Å². The molecular formula is C32H43N4O10P. The number of amides is 4. The molecule has 4 amide bonds. The summed E-state index contributed by atoms with van der Waals surface area (Å²) in [5.74, 6) is -1.36. The molecule has 3 rings (SSSR count). The van der Waals surface area contributed by atoms with E-state index in [9.17, 15) is 23.7 Å². The van der Waals surface area contributed by atoms with Gasteiger partial charge in [0.1, 0.15) is 24.4 Å². The van der Waals surface area contributed by atoms with Crippen molar-refractivity contribution in [1.29, 1.82) is 0 Å². The van der Waals surface area contributed by atoms with Crippen LogP contribution in [0.5, 0.6) is 5.75 Å². The van der Waals surface area contributed by atoms with Crippen LogP contribution >= 0.6 is 7.82 Å². The lowest BCUT2D eigenvalue weighted by Crippen LogP contribution is -2.56. The number of likely N-dealkylation sites (tertiary alicyclic amines) is 1. The number of ether oxygens (including phenoxy) is 2. The van der Waals surface area contributed by atoms with Crippen molar-refractivity contribution in [2.24, 2.45) is 11.7 Å². The summed E-state index contributed by atoms with van der Waals surface area (Å²) < 4.78 is 26.5. The smallest absolute Gasteiger partial charge is 0.447 e. The molecule has 1 aliphatic heterocycles. The van der Waals surface area contributed by atoms with E-state index in [0.717, 1.165) is 5.56 Å². The summed E-state index contributed by atoms with van der Waals surface area (Å²) in [6, 6.07) is 12.7. The Morgan fingerprint density at radius 1 is 1.04 bits per heavy atom. The maximum atomic E-state index is 13.8. The molecule has 1 fully saturated rings. The average molecular weight is 675 g/mol. The van der Waals surface area contributed by atoms with Crippen LogP contribution in [-0.2, 0) is 35.0 Å². The first-order valence-corrected chi connectivity index (χ1v) is 16.8. The maximum Gasteiger partial charge on any atom is 0.524 e. The van der Waals surface area contributed by atoms with Gasteiger partial charge in [-0.25, -0.2) is 9.36 Å². The topological polar surface area (TPSA) is 207 Å². The Hall–Kier alpha value is -4.23. The van der Waals surface area contributed by atoms with Gasteiger partial charge in [0.05, 0.1) is 18.8 Å². The number of phosphoric ester groups is 1. The fraction of sp³-hybridized carbons (Fsp3) is 0.438. The molecule has 0 radical (unpaired) electrons. The molecule has 1 saturated heterocycles. The third-order valence-corrected chi connectivity index (χ3v) is 7.80. The molecular weight excluding hydrogens is 631 g/mol. The van der Waals surface area contributed by atoms with E-state index in [1.165, 1.54) is 41.3 Å². The van der Waals surface area contributed by atoms with Crippen molar-refractivity contribution >= 4 is 37.7 Å². The quantitative estimate of drug-likeness (QED) is 0.130. The number of hydrogen-bond acceptors (Lipinski definition) is 8. The van der Waals surface area contributed by atoms with Crippen molar-refractivity contribution in [2.75, 3.05) is 13.2 Å². The van der Waals surface area contributed by atoms with Crippen LogP contribution in [0.25, 0.3) is 6.08 Å². The third-order valence-electron chi connectivity index (χ3n) is 7.35. The zero-order valence-corrected chi connectivity index (χ0v) is 27.5. The van der Waals surface area contributed by atoms with E-state index >= 15 is 0 Å². The molecule has 0 aromatic heterocycles. The lowest BCUT2D eigenvalue weighted by atomic mass is 10.0. The van der Waals surface area contributed by atoms with Gasteiger partial charge in [-0.3, -0.25) is 24.2 Å². The van der Waals surface area contributed by atoms with Crippen molar-refractivity contribution < 1.29 is 47.5 Å². The van der Waals surface area contributed by atoms with Crippen LogP contribution in [0.4, 0.5) is 4.79 Å². The zero-order valence-electron chi connectivity index (χ0n) is 26.6. The van der Waals surface area contributed by atoms with Gasteiger partial charge in [-0.2, -0.15) is 0 Å². The summed E-state index contributed by atoms with van der Waals surface area (Å²) >= 11 is 0. The van der Waals surface area contributed by atoms with Crippen LogP contribution in [0.2, 0.25) is 0 Å². The Morgan fingerprint density at radius 3 is 2.34 bits per heavy atom. The molecule has 14 nitrogen and oxygen atoms in total. The number of carbonyl (C=O) groups is 4. The summed E-state index contributed by atoms with van der Waals surface area (Å²) in [6.07, 6.45) is 2.48. The van der Waals surface area contributed by atoms with Gasteiger partial charge >= 0.3 is 13.9 Å². The molecule has 4 atom stereocenters. The molecule has 0 spiro atoms. The number of nitrogens with one attached hydrogen (secondary N) is 2. The number of nitrogens with zero attached hydrogens (tertiary/aromatic N) is 1. The maximum absolute atomic E-state index is 13.8. The number of hydrogen-bond donors (Lipinski definition) is 5. The molecule has 0 bridgehead atoms. The highest BCUT2D eigenvalue weighted by Crippen LogP contribution is 2.37. The van der Waals surface area contributed by atoms with Crippen molar-refractivity contribution in [3.8, 4) is 5.75 Å². The average Bonchev–Trinajstić information content (AvgIpc) is 3.50. The Balaban J connectivity index is 1.66. The molecule has 0 saturated carbocycles. The number of primary amides is 1. The summed E-state index contributed by atoms with van der Waals surface area (Å²) in [7, 11) is -4.69. The highest BCUT2D eigenvalue weighted by atomic mass is 31.2. The Kier molecular flexibility index (Phi) is 14.0. The minimum atomic E-state index is -4.69. The second-order valence-electron chi connectivity index (χ2n) is 11.6. The first-order chi connectivity index (χ1) is 22.2. The van der Waals surface area contributed by atoms with E-state index < -0.39 is 55.9 Å². The van der Waals surface area contributed by atoms with E-state index in [1.807, 2.05) is 44.2 Å². The summed E-state index contributed by atoms with van der Waals surface area (Å²) in [5, 5.41) is 5.62. The SMILES string of the molecule is CC(C)C[C@H](NC(=O)/C=C/c1ccc(OP(=O)(O)O)cc1)C(=O)N1CCC[C@H]1C(=O)N[C@@H](COC(N)=O)[C@@H](C)OCc1ccccc1. The van der Waals surface area contributed by atoms with E-state index in [-0.39, 0.29) is 24.9 Å². The van der Waals surface area contributed by atoms with E-state index in [2.05, 4.69) is 15.2 Å². The monoisotopic (exact) mass is 674 g/mol. The molecule has 47 heavy (non-hydrogen) atoms. The fourth-order valence-corrected chi connectivity index (χ4v) is 5.42. The number of carbonyl (C=O) groups excluding carboxylic acids is 4. The van der Waals surface area contributed by atoms with E-state index in [0.29, 0.717) is 31.4 Å². The molecule has 256 valence electrons. The minimum absolute atomic E-state index is 0.0346. The molecule has 2 aromatic rings. The van der Waals surface area contributed by atoms with Gasteiger partial charge in [0.2, 0.25) is 17.7 Å². The molecule has 1 heterocycles. The van der Waals surface area contributed by atoms with Gasteiger partial charge in [-0.05, 0) is 61.4 Å².